The molecule has 68 valence electrons. The van der Waals surface area contributed by atoms with Gasteiger partial charge < -0.3 is 5.11 Å². The summed E-state index contributed by atoms with van der Waals surface area (Å²) in [7, 11) is 0. The molecule has 0 saturated heterocycles. The average molecular weight is 168 g/mol. The highest BCUT2D eigenvalue weighted by Crippen LogP contribution is 2.42. The minimum atomic E-state index is -0.604. The van der Waals surface area contributed by atoms with Crippen LogP contribution in [0.5, 0.6) is 0 Å². The maximum Gasteiger partial charge on any atom is 0.138 e. The average Bonchev–Trinajstić information content (AvgIpc) is 2.36. The molecular weight excluding hydrogens is 152 g/mol. The van der Waals surface area contributed by atoms with E-state index in [1.165, 1.54) is 0 Å². The monoisotopic (exact) mass is 168 g/mol. The zero-order valence-corrected chi connectivity index (χ0v) is 7.38. The third-order valence-electron chi connectivity index (χ3n) is 3.42. The largest absolute Gasteiger partial charge is 0.389 e. The summed E-state index contributed by atoms with van der Waals surface area (Å²) in [6, 6.07) is 0. The number of carbonyl (C=O) groups is 1. The van der Waals surface area contributed by atoms with Crippen molar-refractivity contribution in [2.45, 2.75) is 50.5 Å². The summed E-state index contributed by atoms with van der Waals surface area (Å²) in [6.45, 7) is 0. The van der Waals surface area contributed by atoms with Gasteiger partial charge in [-0.15, -0.1) is 0 Å². The summed E-state index contributed by atoms with van der Waals surface area (Å²) >= 11 is 0. The fourth-order valence-electron chi connectivity index (χ4n) is 2.72. The lowest BCUT2D eigenvalue weighted by molar-refractivity contribution is -0.129. The topological polar surface area (TPSA) is 37.3 Å². The van der Waals surface area contributed by atoms with Crippen LogP contribution in [0.15, 0.2) is 0 Å². The van der Waals surface area contributed by atoms with Crippen LogP contribution in [0.2, 0.25) is 0 Å². The molecule has 2 saturated carbocycles. The Balaban J connectivity index is 2.21. The van der Waals surface area contributed by atoms with E-state index in [0.29, 0.717) is 12.2 Å². The first-order valence-electron chi connectivity index (χ1n) is 4.97. The third kappa shape index (κ3) is 1.18. The van der Waals surface area contributed by atoms with E-state index in [4.69, 9.17) is 0 Å². The molecule has 0 aromatic heterocycles. The number of rotatable bonds is 0. The highest BCUT2D eigenvalue weighted by molar-refractivity contribution is 5.82. The van der Waals surface area contributed by atoms with Gasteiger partial charge in [0.15, 0.2) is 0 Å². The van der Waals surface area contributed by atoms with Gasteiger partial charge in [0.25, 0.3) is 0 Å². The van der Waals surface area contributed by atoms with Crippen molar-refractivity contribution in [1.29, 1.82) is 0 Å². The van der Waals surface area contributed by atoms with E-state index in [2.05, 4.69) is 0 Å². The molecule has 0 amide bonds. The first kappa shape index (κ1) is 8.24. The number of ketones is 1. The summed E-state index contributed by atoms with van der Waals surface area (Å²) in [5, 5.41) is 10.1. The Bertz CT molecular complexity index is 200. The molecule has 2 atom stereocenters. The molecule has 2 fully saturated rings. The van der Waals surface area contributed by atoms with E-state index >= 15 is 0 Å². The van der Waals surface area contributed by atoms with E-state index in [-0.39, 0.29) is 5.92 Å². The van der Waals surface area contributed by atoms with E-state index < -0.39 is 5.60 Å². The van der Waals surface area contributed by atoms with Crippen molar-refractivity contribution in [3.8, 4) is 0 Å². The van der Waals surface area contributed by atoms with Crippen molar-refractivity contribution < 1.29 is 9.90 Å². The Morgan fingerprint density at radius 3 is 2.83 bits per heavy atom. The van der Waals surface area contributed by atoms with Crippen molar-refractivity contribution in [2.75, 3.05) is 0 Å². The smallest absolute Gasteiger partial charge is 0.138 e. The van der Waals surface area contributed by atoms with Crippen LogP contribution in [-0.2, 0) is 4.79 Å². The number of carbonyl (C=O) groups excluding carboxylic acids is 1. The standard InChI is InChI=1S/C10H16O2/c11-9-5-1-2-6-10(12)7-3-4-8(9)10/h8,12H,1-7H2/t8-,10+/m1/s1. The van der Waals surface area contributed by atoms with Crippen LogP contribution in [-0.4, -0.2) is 16.5 Å². The van der Waals surface area contributed by atoms with E-state index in [1.54, 1.807) is 0 Å². The maximum absolute atomic E-state index is 11.5. The summed E-state index contributed by atoms with van der Waals surface area (Å²) in [5.41, 5.74) is -0.604. The third-order valence-corrected chi connectivity index (χ3v) is 3.42. The Kier molecular flexibility index (Phi) is 1.95. The van der Waals surface area contributed by atoms with Gasteiger partial charge in [-0.1, -0.05) is 6.42 Å². The van der Waals surface area contributed by atoms with Crippen LogP contribution in [0.3, 0.4) is 0 Å². The highest BCUT2D eigenvalue weighted by atomic mass is 16.3. The van der Waals surface area contributed by atoms with Gasteiger partial charge >= 0.3 is 0 Å². The van der Waals surface area contributed by atoms with Crippen LogP contribution in [0.1, 0.15) is 44.9 Å². The SMILES string of the molecule is O=C1CCCC[C@]2(O)CCC[C@H]12. The van der Waals surface area contributed by atoms with Crippen LogP contribution in [0, 0.1) is 5.92 Å². The molecule has 0 radical (unpaired) electrons. The van der Waals surface area contributed by atoms with Gasteiger partial charge in [0.1, 0.15) is 5.78 Å². The fraction of sp³-hybridized carbons (Fsp3) is 0.900. The fourth-order valence-corrected chi connectivity index (χ4v) is 2.72. The van der Waals surface area contributed by atoms with Gasteiger partial charge in [-0.25, -0.2) is 0 Å². The summed E-state index contributed by atoms with van der Waals surface area (Å²) < 4.78 is 0. The number of fused-ring (bicyclic) bond motifs is 1. The molecule has 1 N–H and O–H groups in total. The predicted octanol–water partition coefficient (Wildman–Crippen LogP) is 1.66. The molecule has 0 aliphatic heterocycles. The number of hydrogen-bond donors (Lipinski definition) is 1. The Labute approximate surface area is 73.0 Å². The van der Waals surface area contributed by atoms with Gasteiger partial charge in [0, 0.05) is 12.3 Å². The van der Waals surface area contributed by atoms with Crippen molar-refractivity contribution in [2.24, 2.45) is 5.92 Å². The number of hydrogen-bond acceptors (Lipinski definition) is 2. The second-order valence-electron chi connectivity index (χ2n) is 4.22. The minimum absolute atomic E-state index is 0.0139. The lowest BCUT2D eigenvalue weighted by Gasteiger charge is -2.26. The van der Waals surface area contributed by atoms with Crippen molar-refractivity contribution in [3.63, 3.8) is 0 Å². The molecule has 0 spiro atoms. The van der Waals surface area contributed by atoms with E-state index in [1.807, 2.05) is 0 Å². The van der Waals surface area contributed by atoms with Crippen molar-refractivity contribution in [3.05, 3.63) is 0 Å². The van der Waals surface area contributed by atoms with Gasteiger partial charge in [-0.2, -0.15) is 0 Å². The molecule has 2 rings (SSSR count). The highest BCUT2D eigenvalue weighted by Gasteiger charge is 2.45. The van der Waals surface area contributed by atoms with Crippen LogP contribution < -0.4 is 0 Å². The molecule has 0 heterocycles. The molecule has 2 heteroatoms. The Morgan fingerprint density at radius 2 is 2.00 bits per heavy atom. The van der Waals surface area contributed by atoms with Gasteiger partial charge in [0.2, 0.25) is 0 Å². The van der Waals surface area contributed by atoms with Gasteiger partial charge in [-0.3, -0.25) is 4.79 Å². The lowest BCUT2D eigenvalue weighted by Crippen LogP contribution is -2.36. The van der Waals surface area contributed by atoms with E-state index in [0.717, 1.165) is 38.5 Å². The molecule has 0 unspecified atom stereocenters. The normalized spacial score (nSPS) is 42.4. The van der Waals surface area contributed by atoms with Crippen molar-refractivity contribution in [1.82, 2.24) is 0 Å². The summed E-state index contributed by atoms with van der Waals surface area (Å²) in [4.78, 5) is 11.5. The molecular formula is C10H16O2. The maximum atomic E-state index is 11.5. The zero-order valence-electron chi connectivity index (χ0n) is 7.38. The van der Waals surface area contributed by atoms with Crippen LogP contribution >= 0.6 is 0 Å². The molecule has 2 aliphatic carbocycles. The van der Waals surface area contributed by atoms with Gasteiger partial charge in [0.05, 0.1) is 5.60 Å². The second-order valence-corrected chi connectivity index (χ2v) is 4.22. The Hall–Kier alpha value is -0.370. The summed E-state index contributed by atoms with van der Waals surface area (Å²) in [5.74, 6) is 0.299. The minimum Gasteiger partial charge on any atom is -0.389 e. The molecule has 0 bridgehead atoms. The van der Waals surface area contributed by atoms with Crippen LogP contribution in [0.4, 0.5) is 0 Å². The molecule has 0 aromatic carbocycles. The second kappa shape index (κ2) is 2.84. The zero-order chi connectivity index (χ0) is 8.60. The lowest BCUT2D eigenvalue weighted by atomic mass is 9.86. The number of aliphatic hydroxyl groups is 1. The summed E-state index contributed by atoms with van der Waals surface area (Å²) in [6.07, 6.45) is 6.37. The molecule has 2 nitrogen and oxygen atoms in total. The van der Waals surface area contributed by atoms with E-state index in [9.17, 15) is 9.90 Å². The Morgan fingerprint density at radius 1 is 1.25 bits per heavy atom. The molecule has 0 aromatic rings. The quantitative estimate of drug-likeness (QED) is 0.597. The first-order valence-corrected chi connectivity index (χ1v) is 4.97. The first-order chi connectivity index (χ1) is 5.72. The number of Topliss-reactive ketones (excluding diaryl/α,β-unsaturated/α-hetero) is 1. The molecule has 12 heavy (non-hydrogen) atoms. The van der Waals surface area contributed by atoms with Crippen molar-refractivity contribution >= 4 is 5.78 Å². The van der Waals surface area contributed by atoms with Gasteiger partial charge in [-0.05, 0) is 32.1 Å². The van der Waals surface area contributed by atoms with Crippen LogP contribution in [0.25, 0.3) is 0 Å². The predicted molar refractivity (Wildman–Crippen MR) is 45.8 cm³/mol. The molecule has 2 aliphatic rings.